The predicted molar refractivity (Wildman–Crippen MR) is 86.1 cm³/mol. The highest BCUT2D eigenvalue weighted by Crippen LogP contribution is 2.27. The van der Waals surface area contributed by atoms with E-state index >= 15 is 0 Å². The fourth-order valence-corrected chi connectivity index (χ4v) is 2.74. The Morgan fingerprint density at radius 3 is 2.62 bits per heavy atom. The molecule has 1 saturated heterocycles. The van der Waals surface area contributed by atoms with Gasteiger partial charge in [-0.3, -0.25) is 4.79 Å². The second-order valence-electron chi connectivity index (χ2n) is 6.15. The predicted octanol–water partition coefficient (Wildman–Crippen LogP) is 2.41. The molecule has 3 unspecified atom stereocenters. The maximum atomic E-state index is 13.2. The largest absolute Gasteiger partial charge is 0.481 e. The average molecular weight is 338 g/mol. The molecule has 24 heavy (non-hydrogen) atoms. The van der Waals surface area contributed by atoms with Gasteiger partial charge in [-0.05, 0) is 30.5 Å². The number of ether oxygens (including phenoxy) is 1. The van der Waals surface area contributed by atoms with Crippen LogP contribution in [-0.2, 0) is 9.53 Å². The summed E-state index contributed by atoms with van der Waals surface area (Å²) in [6.07, 6.45) is 1.53. The molecule has 132 valence electrons. The summed E-state index contributed by atoms with van der Waals surface area (Å²) in [4.78, 5) is 24.7. The highest BCUT2D eigenvalue weighted by molar-refractivity contribution is 5.76. The highest BCUT2D eigenvalue weighted by atomic mass is 19.1. The Labute approximate surface area is 140 Å². The summed E-state index contributed by atoms with van der Waals surface area (Å²) in [5.41, 5.74) is 0.760. The quantitative estimate of drug-likeness (QED) is 0.835. The number of carboxylic acids is 1. The molecule has 0 aromatic heterocycles. The van der Waals surface area contributed by atoms with Crippen LogP contribution in [0.2, 0.25) is 0 Å². The lowest BCUT2D eigenvalue weighted by atomic mass is 9.99. The van der Waals surface area contributed by atoms with Crippen molar-refractivity contribution in [3.05, 3.63) is 35.6 Å². The summed E-state index contributed by atoms with van der Waals surface area (Å²) in [7, 11) is 1.55. The highest BCUT2D eigenvalue weighted by Gasteiger charge is 2.30. The van der Waals surface area contributed by atoms with Crippen molar-refractivity contribution in [2.24, 2.45) is 5.92 Å². The van der Waals surface area contributed by atoms with Gasteiger partial charge in [-0.15, -0.1) is 0 Å². The molecular formula is C17H23FN2O4. The molecule has 0 saturated carbocycles. The van der Waals surface area contributed by atoms with Crippen LogP contribution in [0.25, 0.3) is 0 Å². The van der Waals surface area contributed by atoms with Crippen LogP contribution in [0.4, 0.5) is 9.18 Å². The molecule has 1 fully saturated rings. The van der Waals surface area contributed by atoms with Crippen LogP contribution in [0.1, 0.15) is 31.4 Å². The number of benzene rings is 1. The van der Waals surface area contributed by atoms with Crippen molar-refractivity contribution in [2.45, 2.75) is 31.9 Å². The maximum Gasteiger partial charge on any atom is 0.317 e. The second kappa shape index (κ2) is 8.10. The number of carboxylic acid groups (broad SMARTS) is 1. The van der Waals surface area contributed by atoms with Gasteiger partial charge in [0.2, 0.25) is 0 Å². The normalized spacial score (nSPS) is 19.5. The number of amides is 2. The molecule has 3 atom stereocenters. The minimum atomic E-state index is -0.955. The molecule has 0 spiro atoms. The lowest BCUT2D eigenvalue weighted by molar-refractivity contribution is -0.141. The van der Waals surface area contributed by atoms with Gasteiger partial charge < -0.3 is 20.1 Å². The molecule has 1 aliphatic heterocycles. The van der Waals surface area contributed by atoms with Crippen LogP contribution in [0.5, 0.6) is 0 Å². The first-order valence-corrected chi connectivity index (χ1v) is 8.00. The topological polar surface area (TPSA) is 78.9 Å². The summed E-state index contributed by atoms with van der Waals surface area (Å²) >= 11 is 0. The number of hydrogen-bond acceptors (Lipinski definition) is 3. The molecule has 1 aliphatic rings. The lowest BCUT2D eigenvalue weighted by Gasteiger charge is -2.28. The van der Waals surface area contributed by atoms with Crippen LogP contribution in [0.3, 0.4) is 0 Å². The van der Waals surface area contributed by atoms with Crippen LogP contribution < -0.4 is 5.32 Å². The second-order valence-corrected chi connectivity index (χ2v) is 6.15. The van der Waals surface area contributed by atoms with Crippen molar-refractivity contribution in [2.75, 3.05) is 20.2 Å². The van der Waals surface area contributed by atoms with E-state index in [-0.39, 0.29) is 24.5 Å². The molecule has 0 aliphatic carbocycles. The zero-order valence-corrected chi connectivity index (χ0v) is 13.9. The molecule has 2 amide bonds. The number of nitrogens with zero attached hydrogens (tertiary/aromatic N) is 1. The first-order valence-electron chi connectivity index (χ1n) is 8.00. The van der Waals surface area contributed by atoms with Gasteiger partial charge in [0, 0.05) is 20.2 Å². The van der Waals surface area contributed by atoms with Crippen LogP contribution in [0.15, 0.2) is 24.3 Å². The van der Waals surface area contributed by atoms with E-state index in [0.29, 0.717) is 6.61 Å². The van der Waals surface area contributed by atoms with E-state index < -0.39 is 17.9 Å². The molecule has 0 bridgehead atoms. The van der Waals surface area contributed by atoms with Crippen molar-refractivity contribution in [3.63, 3.8) is 0 Å². The van der Waals surface area contributed by atoms with E-state index in [0.717, 1.165) is 18.4 Å². The molecule has 1 aromatic rings. The van der Waals surface area contributed by atoms with E-state index in [9.17, 15) is 14.0 Å². The molecule has 2 rings (SSSR count). The fourth-order valence-electron chi connectivity index (χ4n) is 2.74. The number of aliphatic carboxylic acids is 1. The first-order chi connectivity index (χ1) is 11.4. The summed E-state index contributed by atoms with van der Waals surface area (Å²) < 4.78 is 18.8. The van der Waals surface area contributed by atoms with Crippen molar-refractivity contribution in [1.82, 2.24) is 10.2 Å². The fraction of sp³-hybridized carbons (Fsp3) is 0.529. The monoisotopic (exact) mass is 338 g/mol. The number of urea groups is 1. The van der Waals surface area contributed by atoms with Gasteiger partial charge in [0.05, 0.1) is 18.1 Å². The van der Waals surface area contributed by atoms with Crippen molar-refractivity contribution >= 4 is 12.0 Å². The number of carbonyl (C=O) groups is 2. The molecule has 2 N–H and O–H groups in total. The number of rotatable bonds is 6. The minimum absolute atomic E-state index is 0.100. The minimum Gasteiger partial charge on any atom is -0.481 e. The molecular weight excluding hydrogens is 315 g/mol. The number of carbonyl (C=O) groups excluding carboxylic acids is 1. The Hall–Kier alpha value is -2.15. The maximum absolute atomic E-state index is 13.2. The molecule has 7 heteroatoms. The third kappa shape index (κ3) is 4.67. The van der Waals surface area contributed by atoms with Crippen molar-refractivity contribution in [3.8, 4) is 0 Å². The standard InChI is InChI=1S/C17H23FN2O4/c1-11(16(21)22)10-20(2)17(23)19-15(14-4-3-9-24-14)12-5-7-13(18)8-6-12/h5-8,11,14-15H,3-4,9-10H2,1-2H3,(H,19,23)(H,21,22). The SMILES string of the molecule is CC(CN(C)C(=O)NC(c1ccc(F)cc1)C1CCCO1)C(=O)O. The Kier molecular flexibility index (Phi) is 6.14. The third-order valence-corrected chi connectivity index (χ3v) is 4.16. The van der Waals surface area contributed by atoms with Gasteiger partial charge in [0.15, 0.2) is 0 Å². The van der Waals surface area contributed by atoms with Gasteiger partial charge in [0.1, 0.15) is 5.82 Å². The summed E-state index contributed by atoms with van der Waals surface area (Å²) in [6.45, 7) is 2.27. The van der Waals surface area contributed by atoms with Gasteiger partial charge in [0.25, 0.3) is 0 Å². The van der Waals surface area contributed by atoms with E-state index in [1.54, 1.807) is 26.1 Å². The summed E-state index contributed by atoms with van der Waals surface area (Å²) in [6, 6.07) is 5.17. The number of nitrogens with one attached hydrogen (secondary N) is 1. The zero-order valence-electron chi connectivity index (χ0n) is 13.9. The van der Waals surface area contributed by atoms with Gasteiger partial charge in [-0.1, -0.05) is 19.1 Å². The van der Waals surface area contributed by atoms with Gasteiger partial charge >= 0.3 is 12.0 Å². The molecule has 1 aromatic carbocycles. The number of halogens is 1. The number of hydrogen-bond donors (Lipinski definition) is 2. The third-order valence-electron chi connectivity index (χ3n) is 4.16. The van der Waals surface area contributed by atoms with Gasteiger partial charge in [-0.25, -0.2) is 9.18 Å². The van der Waals surface area contributed by atoms with Crippen molar-refractivity contribution in [1.29, 1.82) is 0 Å². The Balaban J connectivity index is 2.08. The smallest absolute Gasteiger partial charge is 0.317 e. The first kappa shape index (κ1) is 18.2. The van der Waals surface area contributed by atoms with E-state index in [1.165, 1.54) is 17.0 Å². The van der Waals surface area contributed by atoms with Crippen LogP contribution in [0, 0.1) is 11.7 Å². The zero-order chi connectivity index (χ0) is 17.7. The Bertz CT molecular complexity index is 572. The van der Waals surface area contributed by atoms with Crippen LogP contribution in [-0.4, -0.2) is 48.3 Å². The van der Waals surface area contributed by atoms with Gasteiger partial charge in [-0.2, -0.15) is 0 Å². The summed E-state index contributed by atoms with van der Waals surface area (Å²) in [5.74, 6) is -1.96. The lowest BCUT2D eigenvalue weighted by Crippen LogP contribution is -2.45. The Morgan fingerprint density at radius 1 is 1.42 bits per heavy atom. The van der Waals surface area contributed by atoms with E-state index in [4.69, 9.17) is 9.84 Å². The van der Waals surface area contributed by atoms with Crippen LogP contribution >= 0.6 is 0 Å². The summed E-state index contributed by atoms with van der Waals surface area (Å²) in [5, 5.41) is 11.8. The Morgan fingerprint density at radius 2 is 2.08 bits per heavy atom. The molecule has 0 radical (unpaired) electrons. The van der Waals surface area contributed by atoms with E-state index in [2.05, 4.69) is 5.32 Å². The average Bonchev–Trinajstić information content (AvgIpc) is 3.07. The molecule has 6 nitrogen and oxygen atoms in total. The molecule has 1 heterocycles. The van der Waals surface area contributed by atoms with Crippen molar-refractivity contribution < 1.29 is 23.8 Å². The van der Waals surface area contributed by atoms with E-state index in [1.807, 2.05) is 0 Å².